The highest BCUT2D eigenvalue weighted by Gasteiger charge is 2.21. The molecule has 0 aromatic heterocycles. The van der Waals surface area contributed by atoms with Gasteiger partial charge in [0.25, 0.3) is 5.91 Å². The molecule has 0 unspecified atom stereocenters. The van der Waals surface area contributed by atoms with Gasteiger partial charge in [-0.3, -0.25) is 13.9 Å². The zero-order valence-corrected chi connectivity index (χ0v) is 16.8. The van der Waals surface area contributed by atoms with E-state index < -0.39 is 28.3 Å². The molecule has 0 fully saturated rings. The molecule has 0 aliphatic heterocycles. The van der Waals surface area contributed by atoms with Gasteiger partial charge in [0.15, 0.2) is 0 Å². The molecule has 28 heavy (non-hydrogen) atoms. The first-order chi connectivity index (χ1) is 13.1. The number of halogens is 2. The van der Waals surface area contributed by atoms with Gasteiger partial charge in [-0.2, -0.15) is 0 Å². The predicted octanol–water partition coefficient (Wildman–Crippen LogP) is 2.63. The van der Waals surface area contributed by atoms with Crippen LogP contribution >= 0.6 is 11.6 Å². The van der Waals surface area contributed by atoms with Crippen molar-refractivity contribution >= 4 is 44.8 Å². The average molecular weight is 428 g/mol. The van der Waals surface area contributed by atoms with E-state index in [0.717, 1.165) is 16.6 Å². The molecule has 0 saturated carbocycles. The van der Waals surface area contributed by atoms with E-state index in [0.29, 0.717) is 6.54 Å². The topological polar surface area (TPSA) is 95.6 Å². The maximum Gasteiger partial charge on any atom is 0.252 e. The maximum atomic E-state index is 13.4. The summed E-state index contributed by atoms with van der Waals surface area (Å²) < 4.78 is 38.3. The molecule has 0 radical (unpaired) electrons. The van der Waals surface area contributed by atoms with Gasteiger partial charge in [0.05, 0.1) is 22.5 Å². The van der Waals surface area contributed by atoms with Gasteiger partial charge in [0.1, 0.15) is 12.4 Å². The van der Waals surface area contributed by atoms with Crippen LogP contribution in [0.5, 0.6) is 0 Å². The Hall–Kier alpha value is -2.65. The minimum absolute atomic E-state index is 0.0299. The van der Waals surface area contributed by atoms with E-state index >= 15 is 0 Å². The van der Waals surface area contributed by atoms with Crippen LogP contribution in [0.25, 0.3) is 0 Å². The number of hydrogen-bond acceptors (Lipinski definition) is 4. The molecular formula is C18H19ClFN3O4S. The fraction of sp³-hybridized carbons (Fsp3) is 0.222. The summed E-state index contributed by atoms with van der Waals surface area (Å²) in [5, 5.41) is 5.26. The van der Waals surface area contributed by atoms with Crippen molar-refractivity contribution in [2.45, 2.75) is 6.92 Å². The Morgan fingerprint density at radius 1 is 1.18 bits per heavy atom. The van der Waals surface area contributed by atoms with Crippen LogP contribution in [0.4, 0.5) is 15.8 Å². The third-order valence-corrected chi connectivity index (χ3v) is 5.07. The van der Waals surface area contributed by atoms with Gasteiger partial charge in [-0.05, 0) is 43.3 Å². The number of sulfonamides is 1. The van der Waals surface area contributed by atoms with Crippen LogP contribution in [-0.2, 0) is 14.8 Å². The van der Waals surface area contributed by atoms with Gasteiger partial charge in [-0.25, -0.2) is 12.8 Å². The van der Waals surface area contributed by atoms with Crippen molar-refractivity contribution in [2.24, 2.45) is 0 Å². The normalized spacial score (nSPS) is 11.0. The molecule has 0 aliphatic rings. The Bertz CT molecular complexity index is 998. The first kappa shape index (κ1) is 21.6. The van der Waals surface area contributed by atoms with Crippen molar-refractivity contribution in [3.8, 4) is 0 Å². The highest BCUT2D eigenvalue weighted by atomic mass is 35.5. The van der Waals surface area contributed by atoms with Crippen molar-refractivity contribution in [3.05, 3.63) is 58.9 Å². The van der Waals surface area contributed by atoms with E-state index in [4.69, 9.17) is 11.6 Å². The summed E-state index contributed by atoms with van der Waals surface area (Å²) in [6.07, 6.45) is 0.920. The van der Waals surface area contributed by atoms with Crippen molar-refractivity contribution in [1.29, 1.82) is 0 Å². The second kappa shape index (κ2) is 9.03. The Morgan fingerprint density at radius 2 is 1.89 bits per heavy atom. The Kier molecular flexibility index (Phi) is 6.98. The lowest BCUT2D eigenvalue weighted by molar-refractivity contribution is -0.114. The van der Waals surface area contributed by atoms with E-state index in [9.17, 15) is 22.4 Å². The summed E-state index contributed by atoms with van der Waals surface area (Å²) in [4.78, 5) is 24.2. The van der Waals surface area contributed by atoms with Crippen LogP contribution in [0.15, 0.2) is 42.5 Å². The third kappa shape index (κ3) is 5.67. The number of nitrogens with zero attached hydrogens (tertiary/aromatic N) is 1. The van der Waals surface area contributed by atoms with Gasteiger partial charge in [-0.15, -0.1) is 0 Å². The van der Waals surface area contributed by atoms with E-state index in [1.807, 2.05) is 0 Å². The summed E-state index contributed by atoms with van der Waals surface area (Å²) in [7, 11) is -3.83. The summed E-state index contributed by atoms with van der Waals surface area (Å²) in [5.41, 5.74) is 0.567. The molecule has 7 nitrogen and oxygen atoms in total. The molecule has 2 rings (SSSR count). The standard InChI is InChI=1S/C18H19ClFN3O4S/c1-3-21-18(25)15-8-7-13(10-16(15)19)22-17(24)11-23(28(2,26)27)14-6-4-5-12(20)9-14/h4-10H,3,11H2,1-2H3,(H,21,25)(H,22,24). The van der Waals surface area contributed by atoms with Crippen molar-refractivity contribution < 1.29 is 22.4 Å². The van der Waals surface area contributed by atoms with Crippen LogP contribution in [0, 0.1) is 5.82 Å². The van der Waals surface area contributed by atoms with Gasteiger partial charge in [0.2, 0.25) is 15.9 Å². The number of hydrogen-bond donors (Lipinski definition) is 2. The number of rotatable bonds is 7. The molecule has 0 saturated heterocycles. The van der Waals surface area contributed by atoms with Crippen LogP contribution in [0.1, 0.15) is 17.3 Å². The van der Waals surface area contributed by atoms with E-state index in [1.165, 1.54) is 36.4 Å². The summed E-state index contributed by atoms with van der Waals surface area (Å²) in [5.74, 6) is -1.63. The predicted molar refractivity (Wildman–Crippen MR) is 107 cm³/mol. The second-order valence-corrected chi connectivity index (χ2v) is 8.17. The average Bonchev–Trinajstić information content (AvgIpc) is 2.59. The number of nitrogens with one attached hydrogen (secondary N) is 2. The Morgan fingerprint density at radius 3 is 2.46 bits per heavy atom. The van der Waals surface area contributed by atoms with E-state index in [-0.39, 0.29) is 27.9 Å². The number of benzene rings is 2. The fourth-order valence-electron chi connectivity index (χ4n) is 2.40. The third-order valence-electron chi connectivity index (χ3n) is 3.62. The Labute approximate surface area is 167 Å². The van der Waals surface area contributed by atoms with Gasteiger partial charge in [0, 0.05) is 12.2 Å². The quantitative estimate of drug-likeness (QED) is 0.710. The van der Waals surface area contributed by atoms with Crippen LogP contribution in [-0.4, -0.2) is 39.6 Å². The smallest absolute Gasteiger partial charge is 0.252 e. The summed E-state index contributed by atoms with van der Waals surface area (Å²) in [6, 6.07) is 9.23. The van der Waals surface area contributed by atoms with Crippen LogP contribution in [0.2, 0.25) is 5.02 Å². The first-order valence-corrected chi connectivity index (χ1v) is 10.5. The fourth-order valence-corrected chi connectivity index (χ4v) is 3.51. The number of carbonyl (C=O) groups excluding carboxylic acids is 2. The van der Waals surface area contributed by atoms with E-state index in [1.54, 1.807) is 6.92 Å². The highest BCUT2D eigenvalue weighted by molar-refractivity contribution is 7.92. The molecular weight excluding hydrogens is 409 g/mol. The van der Waals surface area contributed by atoms with Crippen LogP contribution < -0.4 is 14.9 Å². The lowest BCUT2D eigenvalue weighted by Gasteiger charge is -2.22. The summed E-state index contributed by atoms with van der Waals surface area (Å²) >= 11 is 6.07. The summed E-state index contributed by atoms with van der Waals surface area (Å²) in [6.45, 7) is 1.65. The monoisotopic (exact) mass is 427 g/mol. The molecule has 2 N–H and O–H groups in total. The molecule has 2 aromatic rings. The minimum atomic E-state index is -3.83. The zero-order chi connectivity index (χ0) is 20.9. The molecule has 2 aromatic carbocycles. The first-order valence-electron chi connectivity index (χ1n) is 8.22. The maximum absolute atomic E-state index is 13.4. The minimum Gasteiger partial charge on any atom is -0.352 e. The van der Waals surface area contributed by atoms with Gasteiger partial charge < -0.3 is 10.6 Å². The van der Waals surface area contributed by atoms with E-state index in [2.05, 4.69) is 10.6 Å². The molecule has 0 aliphatic carbocycles. The molecule has 2 amide bonds. The zero-order valence-electron chi connectivity index (χ0n) is 15.2. The molecule has 10 heteroatoms. The van der Waals surface area contributed by atoms with Crippen LogP contribution in [0.3, 0.4) is 0 Å². The van der Waals surface area contributed by atoms with Gasteiger partial charge >= 0.3 is 0 Å². The number of carbonyl (C=O) groups is 2. The lowest BCUT2D eigenvalue weighted by Crippen LogP contribution is -2.37. The highest BCUT2D eigenvalue weighted by Crippen LogP contribution is 2.22. The lowest BCUT2D eigenvalue weighted by atomic mass is 10.2. The largest absolute Gasteiger partial charge is 0.352 e. The molecule has 150 valence electrons. The molecule has 0 spiro atoms. The van der Waals surface area contributed by atoms with Crippen molar-refractivity contribution in [2.75, 3.05) is 29.0 Å². The SMILES string of the molecule is CCNC(=O)c1ccc(NC(=O)CN(c2cccc(F)c2)S(C)(=O)=O)cc1Cl. The molecule has 0 atom stereocenters. The van der Waals surface area contributed by atoms with Crippen molar-refractivity contribution in [1.82, 2.24) is 5.32 Å². The second-order valence-electron chi connectivity index (χ2n) is 5.85. The van der Waals surface area contributed by atoms with Gasteiger partial charge in [-0.1, -0.05) is 17.7 Å². The number of anilines is 2. The molecule has 0 heterocycles. The number of amides is 2. The molecule has 0 bridgehead atoms. The Balaban J connectivity index is 2.17. The van der Waals surface area contributed by atoms with Crippen molar-refractivity contribution in [3.63, 3.8) is 0 Å².